The van der Waals surface area contributed by atoms with E-state index in [1.807, 2.05) is 12.1 Å². The first-order valence-electron chi connectivity index (χ1n) is 8.81. The Balaban J connectivity index is 1.33. The summed E-state index contributed by atoms with van der Waals surface area (Å²) in [4.78, 5) is 28.8. The molecule has 2 aliphatic rings. The number of halogens is 1. The van der Waals surface area contributed by atoms with Crippen LogP contribution in [0.25, 0.3) is 0 Å². The Labute approximate surface area is 162 Å². The van der Waals surface area contributed by atoms with Gasteiger partial charge in [-0.3, -0.25) is 9.59 Å². The fourth-order valence-electron chi connectivity index (χ4n) is 3.26. The summed E-state index contributed by atoms with van der Waals surface area (Å²) >= 11 is 5.88. The third-order valence-electron chi connectivity index (χ3n) is 4.81. The van der Waals surface area contributed by atoms with Gasteiger partial charge in [0.25, 0.3) is 5.91 Å². The van der Waals surface area contributed by atoms with Crippen LogP contribution in [-0.4, -0.2) is 54.6 Å². The van der Waals surface area contributed by atoms with Crippen molar-refractivity contribution in [3.05, 3.63) is 58.6 Å². The molecule has 0 unspecified atom stereocenters. The van der Waals surface area contributed by atoms with Crippen molar-refractivity contribution in [3.8, 4) is 11.5 Å². The molecule has 0 saturated carbocycles. The number of benzene rings is 2. The Kier molecular flexibility index (Phi) is 4.90. The molecule has 0 radical (unpaired) electrons. The van der Waals surface area contributed by atoms with E-state index in [4.69, 9.17) is 21.1 Å². The van der Waals surface area contributed by atoms with Gasteiger partial charge >= 0.3 is 0 Å². The van der Waals surface area contributed by atoms with E-state index in [2.05, 4.69) is 0 Å². The van der Waals surface area contributed by atoms with Gasteiger partial charge in [-0.1, -0.05) is 23.7 Å². The maximum Gasteiger partial charge on any atom is 0.254 e. The fraction of sp³-hybridized carbons (Fsp3) is 0.300. The number of amides is 2. The Morgan fingerprint density at radius 1 is 0.889 bits per heavy atom. The van der Waals surface area contributed by atoms with Gasteiger partial charge in [0, 0.05) is 36.8 Å². The highest BCUT2D eigenvalue weighted by Crippen LogP contribution is 2.32. The van der Waals surface area contributed by atoms with Crippen molar-refractivity contribution in [2.75, 3.05) is 33.0 Å². The number of carbonyl (C=O) groups is 2. The molecule has 2 aromatic rings. The summed E-state index contributed by atoms with van der Waals surface area (Å²) in [5.41, 5.74) is 1.50. The van der Waals surface area contributed by atoms with Crippen molar-refractivity contribution in [1.29, 1.82) is 0 Å². The average molecular weight is 387 g/mol. The molecular weight excluding hydrogens is 368 g/mol. The van der Waals surface area contributed by atoms with Crippen LogP contribution in [0.4, 0.5) is 0 Å². The lowest BCUT2D eigenvalue weighted by atomic mass is 10.1. The SMILES string of the molecule is O=C(Cc1ccc(Cl)cc1)N1CCN(C(=O)c2ccc3c(c2)OCO3)CC1. The molecule has 0 N–H and O–H groups in total. The highest BCUT2D eigenvalue weighted by atomic mass is 35.5. The number of piperazine rings is 1. The molecule has 0 aliphatic carbocycles. The van der Waals surface area contributed by atoms with E-state index in [-0.39, 0.29) is 18.6 Å². The highest BCUT2D eigenvalue weighted by Gasteiger charge is 2.26. The molecule has 0 atom stereocenters. The van der Waals surface area contributed by atoms with E-state index in [9.17, 15) is 9.59 Å². The van der Waals surface area contributed by atoms with Crippen molar-refractivity contribution in [2.24, 2.45) is 0 Å². The second kappa shape index (κ2) is 7.48. The van der Waals surface area contributed by atoms with Crippen molar-refractivity contribution < 1.29 is 19.1 Å². The quantitative estimate of drug-likeness (QED) is 0.813. The number of hydrogen-bond acceptors (Lipinski definition) is 4. The molecule has 2 aliphatic heterocycles. The topological polar surface area (TPSA) is 59.1 Å². The molecule has 4 rings (SSSR count). The molecule has 0 aromatic heterocycles. The van der Waals surface area contributed by atoms with Crippen LogP contribution in [0.2, 0.25) is 5.02 Å². The van der Waals surface area contributed by atoms with Gasteiger partial charge in [-0.25, -0.2) is 0 Å². The van der Waals surface area contributed by atoms with E-state index >= 15 is 0 Å². The summed E-state index contributed by atoms with van der Waals surface area (Å²) in [6, 6.07) is 12.5. The van der Waals surface area contributed by atoms with Crippen LogP contribution < -0.4 is 9.47 Å². The summed E-state index contributed by atoms with van der Waals surface area (Å²) in [5.74, 6) is 1.26. The first kappa shape index (κ1) is 17.7. The molecular formula is C20H19ClN2O4. The third kappa shape index (κ3) is 3.85. The van der Waals surface area contributed by atoms with Crippen molar-refractivity contribution in [3.63, 3.8) is 0 Å². The number of carbonyl (C=O) groups excluding carboxylic acids is 2. The van der Waals surface area contributed by atoms with Gasteiger partial charge in [0.15, 0.2) is 11.5 Å². The van der Waals surface area contributed by atoms with Crippen LogP contribution in [0.3, 0.4) is 0 Å². The maximum absolute atomic E-state index is 12.7. The van der Waals surface area contributed by atoms with Crippen molar-refractivity contribution in [1.82, 2.24) is 9.80 Å². The van der Waals surface area contributed by atoms with Gasteiger partial charge in [-0.15, -0.1) is 0 Å². The van der Waals surface area contributed by atoms with E-state index in [1.165, 1.54) is 0 Å². The summed E-state index contributed by atoms with van der Waals surface area (Å²) < 4.78 is 10.6. The summed E-state index contributed by atoms with van der Waals surface area (Å²) in [5, 5.41) is 0.654. The number of fused-ring (bicyclic) bond motifs is 1. The number of hydrogen-bond donors (Lipinski definition) is 0. The summed E-state index contributed by atoms with van der Waals surface area (Å²) in [6.07, 6.45) is 0.341. The zero-order chi connectivity index (χ0) is 18.8. The zero-order valence-electron chi connectivity index (χ0n) is 14.7. The average Bonchev–Trinajstić information content (AvgIpc) is 3.17. The molecule has 1 saturated heterocycles. The molecule has 2 aromatic carbocycles. The molecule has 1 fully saturated rings. The summed E-state index contributed by atoms with van der Waals surface area (Å²) in [6.45, 7) is 2.27. The number of rotatable bonds is 3. The molecule has 27 heavy (non-hydrogen) atoms. The van der Waals surface area contributed by atoms with Crippen LogP contribution in [0.1, 0.15) is 15.9 Å². The first-order chi connectivity index (χ1) is 13.1. The minimum absolute atomic E-state index is 0.0573. The predicted octanol–water partition coefficient (Wildman–Crippen LogP) is 2.60. The monoisotopic (exact) mass is 386 g/mol. The second-order valence-electron chi connectivity index (χ2n) is 6.54. The number of nitrogens with zero attached hydrogens (tertiary/aromatic N) is 2. The molecule has 0 bridgehead atoms. The largest absolute Gasteiger partial charge is 0.454 e. The van der Waals surface area contributed by atoms with Crippen LogP contribution in [0.5, 0.6) is 11.5 Å². The lowest BCUT2D eigenvalue weighted by Crippen LogP contribution is -2.51. The number of ether oxygens (including phenoxy) is 2. The van der Waals surface area contributed by atoms with E-state index in [1.54, 1.807) is 40.1 Å². The highest BCUT2D eigenvalue weighted by molar-refractivity contribution is 6.30. The predicted molar refractivity (Wildman–Crippen MR) is 100 cm³/mol. The van der Waals surface area contributed by atoms with Gasteiger partial charge in [-0.2, -0.15) is 0 Å². The van der Waals surface area contributed by atoms with E-state index in [0.717, 1.165) is 5.56 Å². The minimum Gasteiger partial charge on any atom is -0.454 e. The minimum atomic E-state index is -0.0573. The fourth-order valence-corrected chi connectivity index (χ4v) is 3.39. The second-order valence-corrected chi connectivity index (χ2v) is 6.98. The molecule has 140 valence electrons. The van der Waals surface area contributed by atoms with Crippen LogP contribution in [-0.2, 0) is 11.2 Å². The first-order valence-corrected chi connectivity index (χ1v) is 9.19. The Bertz CT molecular complexity index is 861. The standard InChI is InChI=1S/C20H19ClN2O4/c21-16-4-1-14(2-5-16)11-19(24)22-7-9-23(10-8-22)20(25)15-3-6-17-18(12-15)27-13-26-17/h1-6,12H,7-11,13H2. The van der Waals surface area contributed by atoms with Gasteiger partial charge in [0.05, 0.1) is 6.42 Å². The molecule has 2 amide bonds. The van der Waals surface area contributed by atoms with Gasteiger partial charge in [0.2, 0.25) is 12.7 Å². The van der Waals surface area contributed by atoms with Crippen molar-refractivity contribution >= 4 is 23.4 Å². The molecule has 6 nitrogen and oxygen atoms in total. The van der Waals surface area contributed by atoms with Crippen LogP contribution >= 0.6 is 11.6 Å². The Morgan fingerprint density at radius 2 is 1.56 bits per heavy atom. The zero-order valence-corrected chi connectivity index (χ0v) is 15.4. The third-order valence-corrected chi connectivity index (χ3v) is 5.06. The van der Waals surface area contributed by atoms with Crippen molar-refractivity contribution in [2.45, 2.75) is 6.42 Å². The Morgan fingerprint density at radius 3 is 2.30 bits per heavy atom. The van der Waals surface area contributed by atoms with Crippen LogP contribution in [0, 0.1) is 0 Å². The summed E-state index contributed by atoms with van der Waals surface area (Å²) in [7, 11) is 0. The van der Waals surface area contributed by atoms with Gasteiger partial charge in [-0.05, 0) is 35.9 Å². The van der Waals surface area contributed by atoms with Gasteiger partial charge < -0.3 is 19.3 Å². The van der Waals surface area contributed by atoms with Crippen LogP contribution in [0.15, 0.2) is 42.5 Å². The normalized spacial score (nSPS) is 15.7. The molecule has 2 heterocycles. The van der Waals surface area contributed by atoms with Gasteiger partial charge in [0.1, 0.15) is 0 Å². The van der Waals surface area contributed by atoms with E-state index < -0.39 is 0 Å². The smallest absolute Gasteiger partial charge is 0.254 e. The Hall–Kier alpha value is -2.73. The lowest BCUT2D eigenvalue weighted by Gasteiger charge is -2.35. The molecule has 7 heteroatoms. The maximum atomic E-state index is 12.7. The lowest BCUT2D eigenvalue weighted by molar-refractivity contribution is -0.131. The van der Waals surface area contributed by atoms with E-state index in [0.29, 0.717) is 54.7 Å². The molecule has 0 spiro atoms.